The van der Waals surface area contributed by atoms with Crippen molar-refractivity contribution in [2.24, 2.45) is 0 Å². The van der Waals surface area contributed by atoms with Crippen molar-refractivity contribution >= 4 is 66.3 Å². The highest BCUT2D eigenvalue weighted by molar-refractivity contribution is 6.15. The van der Waals surface area contributed by atoms with Gasteiger partial charge in [-0.15, -0.1) is 0 Å². The van der Waals surface area contributed by atoms with Gasteiger partial charge in [-0.05, 0) is 120 Å². The zero-order valence-electron chi connectivity index (χ0n) is 31.4. The molecule has 4 heterocycles. The van der Waals surface area contributed by atoms with Gasteiger partial charge in [0, 0.05) is 61.2 Å². The largest absolute Gasteiger partial charge is 0.316 e. The molecule has 13 rings (SSSR count). The first-order chi connectivity index (χ1) is 28.3. The lowest BCUT2D eigenvalue weighted by Gasteiger charge is -2.20. The molecule has 0 amide bonds. The standard InChI is InChI=1S/C54H37N3/c1-3-13-37(14-4-1)55-47-20-10-8-18-41(47)44-31-34(23-28-50(44)55)35-24-29-51-45(32-35)46-33-36(25-30-52(46)56(51)38-15-5-2-6-16-38)39-26-27-42-40-17-7-11-21-48(40)57-49-22-12-9-19-43(49)53(39)54(42)57/h1-11,13-16,18-21,23-33,40H,12,17,22H2. The highest BCUT2D eigenvalue weighted by atomic mass is 15.0. The number of para-hydroxylation sites is 3. The summed E-state index contributed by atoms with van der Waals surface area (Å²) in [7, 11) is 0. The van der Waals surface area contributed by atoms with Crippen LogP contribution in [0, 0.1) is 0 Å². The molecule has 7 aromatic carbocycles. The maximum Gasteiger partial charge on any atom is 0.0579 e. The van der Waals surface area contributed by atoms with E-state index in [2.05, 4.69) is 196 Å². The van der Waals surface area contributed by atoms with Crippen LogP contribution in [0.5, 0.6) is 0 Å². The van der Waals surface area contributed by atoms with Gasteiger partial charge in [0.1, 0.15) is 0 Å². The number of allylic oxidation sites excluding steroid dienone is 5. The first kappa shape index (κ1) is 31.1. The lowest BCUT2D eigenvalue weighted by molar-refractivity contribution is 0.833. The molecule has 0 spiro atoms. The predicted molar refractivity (Wildman–Crippen MR) is 240 cm³/mol. The number of hydrogen-bond donors (Lipinski definition) is 0. The SMILES string of the molecule is C1=CCC2C(=C1)n1c3c(c4c(-c5ccc6c(c5)c5cc(-c7ccc8c(c7)c7ccccc7n8-c7ccccc7)ccc5n6-c5ccccc5)ccc2c41)C=CCC3. The lowest BCUT2D eigenvalue weighted by atomic mass is 9.87. The molecule has 0 saturated heterocycles. The first-order valence-electron chi connectivity index (χ1n) is 20.3. The van der Waals surface area contributed by atoms with E-state index in [1.54, 1.807) is 0 Å². The quantitative estimate of drug-likeness (QED) is 0.171. The van der Waals surface area contributed by atoms with E-state index in [9.17, 15) is 0 Å². The van der Waals surface area contributed by atoms with Gasteiger partial charge in [0.2, 0.25) is 0 Å². The fourth-order valence-electron chi connectivity index (χ4n) is 10.5. The Labute approximate surface area is 330 Å². The van der Waals surface area contributed by atoms with Crippen molar-refractivity contribution in [3.63, 3.8) is 0 Å². The minimum atomic E-state index is 0.441. The summed E-state index contributed by atoms with van der Waals surface area (Å²) in [4.78, 5) is 0. The normalized spacial score (nSPS) is 15.6. The van der Waals surface area contributed by atoms with E-state index in [1.807, 2.05) is 0 Å². The van der Waals surface area contributed by atoms with Crippen LogP contribution in [0.1, 0.15) is 35.6 Å². The lowest BCUT2D eigenvalue weighted by Crippen LogP contribution is -2.06. The third-order valence-corrected chi connectivity index (χ3v) is 13.0. The van der Waals surface area contributed by atoms with E-state index in [0.717, 1.165) is 19.3 Å². The van der Waals surface area contributed by atoms with Crippen molar-refractivity contribution in [3.05, 3.63) is 193 Å². The minimum Gasteiger partial charge on any atom is -0.316 e. The maximum atomic E-state index is 2.63. The zero-order chi connectivity index (χ0) is 37.2. The Bertz CT molecular complexity index is 3420. The molecule has 3 heteroatoms. The summed E-state index contributed by atoms with van der Waals surface area (Å²) < 4.78 is 7.45. The third-order valence-electron chi connectivity index (χ3n) is 13.0. The fraction of sp³-hybridized carbons (Fsp3) is 0.0741. The Morgan fingerprint density at radius 1 is 0.491 bits per heavy atom. The van der Waals surface area contributed by atoms with Gasteiger partial charge in [-0.3, -0.25) is 0 Å². The molecule has 1 atom stereocenters. The summed E-state index contributed by atoms with van der Waals surface area (Å²) in [5.74, 6) is 0.441. The number of rotatable bonds is 4. The van der Waals surface area contributed by atoms with Gasteiger partial charge in [-0.2, -0.15) is 0 Å². The van der Waals surface area contributed by atoms with Gasteiger partial charge < -0.3 is 13.7 Å². The minimum absolute atomic E-state index is 0.441. The molecular formula is C54H37N3. The van der Waals surface area contributed by atoms with Crippen LogP contribution in [0.3, 0.4) is 0 Å². The molecule has 0 saturated carbocycles. The third kappa shape index (κ3) is 4.31. The van der Waals surface area contributed by atoms with E-state index < -0.39 is 0 Å². The fourth-order valence-corrected chi connectivity index (χ4v) is 10.5. The van der Waals surface area contributed by atoms with Gasteiger partial charge in [-0.1, -0.05) is 109 Å². The van der Waals surface area contributed by atoms with Crippen LogP contribution >= 0.6 is 0 Å². The van der Waals surface area contributed by atoms with E-state index in [1.165, 1.54) is 111 Å². The zero-order valence-corrected chi connectivity index (χ0v) is 31.4. The van der Waals surface area contributed by atoms with Crippen LogP contribution in [0.2, 0.25) is 0 Å². The Kier molecular flexibility index (Phi) is 6.40. The topological polar surface area (TPSA) is 14.8 Å². The smallest absolute Gasteiger partial charge is 0.0579 e. The molecule has 0 fully saturated rings. The Morgan fingerprint density at radius 2 is 1.09 bits per heavy atom. The second-order valence-electron chi connectivity index (χ2n) is 15.9. The predicted octanol–water partition coefficient (Wildman–Crippen LogP) is 14.0. The van der Waals surface area contributed by atoms with Crippen LogP contribution in [0.25, 0.3) is 99.9 Å². The molecule has 1 aliphatic heterocycles. The highest BCUT2D eigenvalue weighted by Crippen LogP contribution is 2.52. The summed E-state index contributed by atoms with van der Waals surface area (Å²) in [6.45, 7) is 0. The molecule has 57 heavy (non-hydrogen) atoms. The van der Waals surface area contributed by atoms with Crippen LogP contribution < -0.4 is 0 Å². The van der Waals surface area contributed by atoms with Crippen molar-refractivity contribution in [2.45, 2.75) is 25.2 Å². The first-order valence-corrected chi connectivity index (χ1v) is 20.3. The molecule has 3 nitrogen and oxygen atoms in total. The van der Waals surface area contributed by atoms with Crippen LogP contribution in [-0.2, 0) is 6.42 Å². The molecule has 268 valence electrons. The van der Waals surface area contributed by atoms with E-state index in [-0.39, 0.29) is 0 Å². The highest BCUT2D eigenvalue weighted by Gasteiger charge is 2.35. The summed E-state index contributed by atoms with van der Waals surface area (Å²) >= 11 is 0. The molecule has 3 aliphatic rings. The molecule has 0 bridgehead atoms. The molecule has 3 aromatic heterocycles. The monoisotopic (exact) mass is 727 g/mol. The van der Waals surface area contributed by atoms with Crippen molar-refractivity contribution in [3.8, 4) is 33.6 Å². The van der Waals surface area contributed by atoms with Crippen molar-refractivity contribution in [2.75, 3.05) is 0 Å². The van der Waals surface area contributed by atoms with Crippen molar-refractivity contribution in [1.29, 1.82) is 0 Å². The average Bonchev–Trinajstić information content (AvgIpc) is 4.01. The average molecular weight is 728 g/mol. The molecule has 10 aromatic rings. The van der Waals surface area contributed by atoms with Crippen molar-refractivity contribution < 1.29 is 0 Å². The second-order valence-corrected chi connectivity index (χ2v) is 15.9. The maximum absolute atomic E-state index is 2.63. The molecular weight excluding hydrogens is 691 g/mol. The molecule has 0 N–H and O–H groups in total. The number of hydrogen-bond acceptors (Lipinski definition) is 0. The second kappa shape index (κ2) is 11.7. The van der Waals surface area contributed by atoms with Gasteiger partial charge in [0.05, 0.1) is 27.6 Å². The summed E-state index contributed by atoms with van der Waals surface area (Å²) in [6, 6.07) is 56.4. The Hall–Kier alpha value is -7.10. The van der Waals surface area contributed by atoms with E-state index >= 15 is 0 Å². The van der Waals surface area contributed by atoms with E-state index in [4.69, 9.17) is 0 Å². The van der Waals surface area contributed by atoms with Crippen molar-refractivity contribution in [1.82, 2.24) is 13.7 Å². The number of benzene rings is 7. The molecule has 2 aliphatic carbocycles. The number of aromatic nitrogens is 3. The molecule has 0 radical (unpaired) electrons. The summed E-state index contributed by atoms with van der Waals surface area (Å²) in [5.41, 5.74) is 19.5. The Morgan fingerprint density at radius 3 is 1.79 bits per heavy atom. The van der Waals surface area contributed by atoms with Crippen LogP contribution in [0.15, 0.2) is 176 Å². The van der Waals surface area contributed by atoms with Gasteiger partial charge in [0.15, 0.2) is 0 Å². The van der Waals surface area contributed by atoms with Gasteiger partial charge >= 0.3 is 0 Å². The number of fused-ring (bicyclic) bond motifs is 12. The van der Waals surface area contributed by atoms with Gasteiger partial charge in [0.25, 0.3) is 0 Å². The molecule has 1 unspecified atom stereocenters. The van der Waals surface area contributed by atoms with Crippen LogP contribution in [-0.4, -0.2) is 13.7 Å². The Balaban J connectivity index is 1.04. The van der Waals surface area contributed by atoms with E-state index in [0.29, 0.717) is 5.92 Å². The van der Waals surface area contributed by atoms with Gasteiger partial charge in [-0.25, -0.2) is 0 Å². The summed E-state index contributed by atoms with van der Waals surface area (Å²) in [6.07, 6.45) is 14.9. The van der Waals surface area contributed by atoms with Crippen LogP contribution in [0.4, 0.5) is 0 Å². The summed E-state index contributed by atoms with van der Waals surface area (Å²) in [5, 5.41) is 6.47. The number of nitrogens with zero attached hydrogens (tertiary/aromatic N) is 3.